The molecule has 60 valence electrons. The normalized spacial score (nSPS) is 16.5. The van der Waals surface area contributed by atoms with Crippen LogP contribution in [0.3, 0.4) is 0 Å². The van der Waals surface area contributed by atoms with Crippen LogP contribution in [0, 0.1) is 0 Å². The molecule has 11 heavy (non-hydrogen) atoms. The van der Waals surface area contributed by atoms with Crippen molar-refractivity contribution in [3.05, 3.63) is 18.2 Å². The molecule has 0 unspecified atom stereocenters. The summed E-state index contributed by atoms with van der Waals surface area (Å²) < 4.78 is 9.83. The highest BCUT2D eigenvalue weighted by molar-refractivity contribution is 4.82. The largest absolute Gasteiger partial charge is 0.365 e. The number of nitrogens with zero attached hydrogens (tertiary/aromatic N) is 2. The number of fused-ring (bicyclic) bond motifs is 1. The third kappa shape index (κ3) is 1.05. The molecule has 0 fully saturated rings. The fourth-order valence-corrected chi connectivity index (χ4v) is 1.48. The summed E-state index contributed by atoms with van der Waals surface area (Å²) in [5.41, 5.74) is 0. The summed E-state index contributed by atoms with van der Waals surface area (Å²) in [6.45, 7) is 5.80. The summed E-state index contributed by atoms with van der Waals surface area (Å²) in [6, 6.07) is 0. The summed E-state index contributed by atoms with van der Waals surface area (Å²) >= 11 is 0. The molecule has 1 aliphatic rings. The van der Waals surface area contributed by atoms with E-state index in [2.05, 4.69) is 28.5 Å². The minimum Gasteiger partial charge on any atom is -0.365 e. The lowest BCUT2D eigenvalue weighted by atomic mass is 10.5. The van der Waals surface area contributed by atoms with Gasteiger partial charge in [-0.05, 0) is 6.92 Å². The van der Waals surface area contributed by atoms with Crippen molar-refractivity contribution in [2.75, 3.05) is 6.61 Å². The van der Waals surface area contributed by atoms with Crippen molar-refractivity contribution in [3.63, 3.8) is 0 Å². The minimum atomic E-state index is 0.765. The molecule has 1 aliphatic heterocycles. The monoisotopic (exact) mass is 153 g/mol. The van der Waals surface area contributed by atoms with Crippen LogP contribution in [-0.2, 0) is 24.4 Å². The van der Waals surface area contributed by atoms with E-state index in [4.69, 9.17) is 4.74 Å². The Morgan fingerprint density at radius 1 is 1.73 bits per heavy atom. The Hall–Kier alpha value is -0.830. The van der Waals surface area contributed by atoms with E-state index in [0.29, 0.717) is 0 Å². The summed E-state index contributed by atoms with van der Waals surface area (Å²) in [6.07, 6.45) is 4.24. The van der Waals surface area contributed by atoms with Crippen LogP contribution in [0.15, 0.2) is 12.4 Å². The molecule has 2 rings (SSSR count). The van der Waals surface area contributed by atoms with Crippen molar-refractivity contribution in [1.82, 2.24) is 4.57 Å². The number of rotatable bonds is 1. The molecule has 3 nitrogen and oxygen atoms in total. The molecule has 0 saturated carbocycles. The average Bonchev–Trinajstić information content (AvgIpc) is 2.47. The van der Waals surface area contributed by atoms with Crippen LogP contribution >= 0.6 is 0 Å². The van der Waals surface area contributed by atoms with Gasteiger partial charge in [0.2, 0.25) is 0 Å². The summed E-state index contributed by atoms with van der Waals surface area (Å²) in [5.74, 6) is 1.29. The fraction of sp³-hybridized carbons (Fsp3) is 0.625. The maximum absolute atomic E-state index is 5.36. The molecule has 0 aromatic carbocycles. The minimum absolute atomic E-state index is 0.765. The van der Waals surface area contributed by atoms with Crippen LogP contribution in [0.25, 0.3) is 0 Å². The van der Waals surface area contributed by atoms with Crippen LogP contribution in [0.4, 0.5) is 0 Å². The van der Waals surface area contributed by atoms with Crippen molar-refractivity contribution >= 4 is 0 Å². The van der Waals surface area contributed by atoms with E-state index in [0.717, 1.165) is 26.3 Å². The lowest BCUT2D eigenvalue weighted by molar-refractivity contribution is -0.716. The molecule has 1 aromatic heterocycles. The van der Waals surface area contributed by atoms with Gasteiger partial charge in [-0.1, -0.05) is 0 Å². The first-order chi connectivity index (χ1) is 5.42. The van der Waals surface area contributed by atoms with Gasteiger partial charge in [0.25, 0.3) is 5.82 Å². The van der Waals surface area contributed by atoms with Crippen molar-refractivity contribution in [3.8, 4) is 0 Å². The number of aryl methyl sites for hydroxylation is 1. The predicted molar refractivity (Wildman–Crippen MR) is 40.0 cm³/mol. The van der Waals surface area contributed by atoms with Crippen molar-refractivity contribution < 1.29 is 9.30 Å². The number of aromatic nitrogens is 2. The molecule has 0 saturated heterocycles. The second-order valence-corrected chi connectivity index (χ2v) is 2.75. The number of imidazole rings is 1. The first-order valence-corrected chi connectivity index (χ1v) is 4.07. The molecule has 3 heteroatoms. The maximum Gasteiger partial charge on any atom is 0.282 e. The van der Waals surface area contributed by atoms with Gasteiger partial charge in [0, 0.05) is 0 Å². The first kappa shape index (κ1) is 6.85. The molecule has 0 aliphatic carbocycles. The summed E-state index contributed by atoms with van der Waals surface area (Å²) in [7, 11) is 0. The predicted octanol–water partition coefficient (Wildman–Crippen LogP) is 0.326. The van der Waals surface area contributed by atoms with Gasteiger partial charge in [0.15, 0.2) is 0 Å². The molecule has 0 spiro atoms. The molecule has 0 bridgehead atoms. The molecule has 2 heterocycles. The second kappa shape index (κ2) is 2.66. The van der Waals surface area contributed by atoms with Gasteiger partial charge in [0.1, 0.15) is 25.5 Å². The van der Waals surface area contributed by atoms with Gasteiger partial charge >= 0.3 is 0 Å². The highest BCUT2D eigenvalue weighted by Crippen LogP contribution is 2.01. The number of ether oxygens (including phenoxy) is 1. The number of hydrogen-bond donors (Lipinski definition) is 0. The van der Waals surface area contributed by atoms with E-state index in [1.165, 1.54) is 5.82 Å². The van der Waals surface area contributed by atoms with E-state index in [1.807, 2.05) is 0 Å². The maximum atomic E-state index is 5.36. The molecule has 0 N–H and O–H groups in total. The fourth-order valence-electron chi connectivity index (χ4n) is 1.48. The smallest absolute Gasteiger partial charge is 0.282 e. The molecule has 0 amide bonds. The van der Waals surface area contributed by atoms with Crippen molar-refractivity contribution in [1.29, 1.82) is 0 Å². The third-order valence-corrected chi connectivity index (χ3v) is 2.14. The van der Waals surface area contributed by atoms with Gasteiger partial charge in [0.05, 0.1) is 13.2 Å². The van der Waals surface area contributed by atoms with Gasteiger partial charge in [-0.15, -0.1) is 0 Å². The number of hydrogen-bond acceptors (Lipinski definition) is 1. The molecule has 1 aromatic rings. The highest BCUT2D eigenvalue weighted by atomic mass is 16.5. The molecular weight excluding hydrogens is 140 g/mol. The van der Waals surface area contributed by atoms with Gasteiger partial charge in [-0.3, -0.25) is 0 Å². The zero-order valence-electron chi connectivity index (χ0n) is 6.79. The Kier molecular flexibility index (Phi) is 1.66. The first-order valence-electron chi connectivity index (χ1n) is 4.07. The Morgan fingerprint density at radius 3 is 3.45 bits per heavy atom. The van der Waals surface area contributed by atoms with E-state index in [9.17, 15) is 0 Å². The van der Waals surface area contributed by atoms with E-state index in [1.54, 1.807) is 0 Å². The topological polar surface area (TPSA) is 18.0 Å². The van der Waals surface area contributed by atoms with Crippen molar-refractivity contribution in [2.45, 2.75) is 26.6 Å². The lowest BCUT2D eigenvalue weighted by Crippen LogP contribution is -2.43. The van der Waals surface area contributed by atoms with E-state index < -0.39 is 0 Å². The van der Waals surface area contributed by atoms with Gasteiger partial charge in [-0.2, -0.15) is 0 Å². The lowest BCUT2D eigenvalue weighted by Gasteiger charge is -2.09. The van der Waals surface area contributed by atoms with Crippen LogP contribution in [0.1, 0.15) is 12.7 Å². The standard InChI is InChI=1S/C8H13N2O/c1-2-9-3-4-10-5-6-11-7-8(9)10/h3-4H,2,5-7H2,1H3/q+1. The Bertz CT molecular complexity index is 241. The van der Waals surface area contributed by atoms with E-state index in [-0.39, 0.29) is 0 Å². The zero-order chi connectivity index (χ0) is 7.68. The summed E-state index contributed by atoms with van der Waals surface area (Å²) in [5, 5.41) is 0. The SMILES string of the molecule is CCn1cc[n+]2c1COCC2. The van der Waals surface area contributed by atoms with Gasteiger partial charge in [-0.25, -0.2) is 9.13 Å². The highest BCUT2D eigenvalue weighted by Gasteiger charge is 2.19. The zero-order valence-corrected chi connectivity index (χ0v) is 6.79. The Balaban J connectivity index is 2.38. The van der Waals surface area contributed by atoms with Crippen LogP contribution < -0.4 is 4.57 Å². The third-order valence-electron chi connectivity index (χ3n) is 2.14. The van der Waals surface area contributed by atoms with Crippen molar-refractivity contribution in [2.24, 2.45) is 0 Å². The van der Waals surface area contributed by atoms with Crippen LogP contribution in [-0.4, -0.2) is 11.2 Å². The van der Waals surface area contributed by atoms with Crippen LogP contribution in [0.5, 0.6) is 0 Å². The molecular formula is C8H13N2O+. The quantitative estimate of drug-likeness (QED) is 0.531. The summed E-state index contributed by atoms with van der Waals surface area (Å²) in [4.78, 5) is 0. The molecule has 0 radical (unpaired) electrons. The van der Waals surface area contributed by atoms with Crippen LogP contribution in [0.2, 0.25) is 0 Å². The van der Waals surface area contributed by atoms with E-state index >= 15 is 0 Å². The molecule has 0 atom stereocenters. The Labute approximate surface area is 66.2 Å². The second-order valence-electron chi connectivity index (χ2n) is 2.75. The Morgan fingerprint density at radius 2 is 2.64 bits per heavy atom. The average molecular weight is 153 g/mol. The van der Waals surface area contributed by atoms with Gasteiger partial charge < -0.3 is 4.74 Å².